The van der Waals surface area contributed by atoms with Crippen molar-refractivity contribution in [3.8, 4) is 5.75 Å². The lowest BCUT2D eigenvalue weighted by atomic mass is 10.1. The largest absolute Gasteiger partial charge is 0.497 e. The molecular formula is C19H21ClN2O2. The number of ether oxygens (including phenoxy) is 1. The van der Waals surface area contributed by atoms with Gasteiger partial charge in [0.1, 0.15) is 5.75 Å². The van der Waals surface area contributed by atoms with Gasteiger partial charge in [0, 0.05) is 18.7 Å². The van der Waals surface area contributed by atoms with Gasteiger partial charge in [-0.1, -0.05) is 17.7 Å². The number of para-hydroxylation sites is 1. The molecule has 0 aromatic heterocycles. The average Bonchev–Trinajstić information content (AvgIpc) is 2.62. The van der Waals surface area contributed by atoms with Crippen LogP contribution < -0.4 is 15.0 Å². The third-order valence-electron chi connectivity index (χ3n) is 4.26. The molecule has 5 heteroatoms. The number of halogens is 1. The molecule has 1 aliphatic heterocycles. The average molecular weight is 345 g/mol. The summed E-state index contributed by atoms with van der Waals surface area (Å²) in [6.07, 6.45) is 3.54. The van der Waals surface area contributed by atoms with E-state index < -0.39 is 0 Å². The van der Waals surface area contributed by atoms with Crippen LogP contribution in [0.2, 0.25) is 5.02 Å². The van der Waals surface area contributed by atoms with E-state index in [1.54, 1.807) is 31.4 Å². The number of carbonyl (C=O) groups is 1. The molecule has 0 saturated carbocycles. The summed E-state index contributed by atoms with van der Waals surface area (Å²) in [4.78, 5) is 14.8. The summed E-state index contributed by atoms with van der Waals surface area (Å²) in [6, 6.07) is 12.7. The van der Waals surface area contributed by atoms with E-state index >= 15 is 0 Å². The topological polar surface area (TPSA) is 41.6 Å². The maximum atomic E-state index is 12.5. The molecule has 4 nitrogen and oxygen atoms in total. The summed E-state index contributed by atoms with van der Waals surface area (Å²) in [5, 5.41) is 3.67. The van der Waals surface area contributed by atoms with Gasteiger partial charge in [-0.2, -0.15) is 0 Å². The first kappa shape index (κ1) is 16.7. The lowest BCUT2D eigenvalue weighted by molar-refractivity contribution is 0.102. The predicted octanol–water partition coefficient (Wildman–Crippen LogP) is 4.59. The van der Waals surface area contributed by atoms with Crippen LogP contribution in [0.5, 0.6) is 5.75 Å². The van der Waals surface area contributed by atoms with Crippen LogP contribution in [-0.2, 0) is 0 Å². The maximum Gasteiger partial charge on any atom is 0.255 e. The van der Waals surface area contributed by atoms with Crippen molar-refractivity contribution in [3.05, 3.63) is 53.1 Å². The summed E-state index contributed by atoms with van der Waals surface area (Å²) in [5.74, 6) is 0.571. The zero-order chi connectivity index (χ0) is 16.9. The van der Waals surface area contributed by atoms with Crippen LogP contribution in [0, 0.1) is 0 Å². The first-order chi connectivity index (χ1) is 11.7. The molecule has 0 unspecified atom stereocenters. The number of nitrogens with one attached hydrogen (secondary N) is 1. The van der Waals surface area contributed by atoms with E-state index in [-0.39, 0.29) is 5.91 Å². The van der Waals surface area contributed by atoms with E-state index in [0.717, 1.165) is 43.1 Å². The number of carbonyl (C=O) groups excluding carboxylic acids is 1. The molecule has 2 aromatic carbocycles. The van der Waals surface area contributed by atoms with E-state index in [1.807, 2.05) is 18.2 Å². The minimum absolute atomic E-state index is 0.154. The van der Waals surface area contributed by atoms with Crippen LogP contribution in [0.1, 0.15) is 29.6 Å². The number of hydrogen-bond acceptors (Lipinski definition) is 3. The second-order valence-corrected chi connectivity index (χ2v) is 6.27. The van der Waals surface area contributed by atoms with E-state index in [4.69, 9.17) is 16.3 Å². The van der Waals surface area contributed by atoms with E-state index in [1.165, 1.54) is 6.42 Å². The van der Waals surface area contributed by atoms with Gasteiger partial charge < -0.3 is 15.0 Å². The third-order valence-corrected chi connectivity index (χ3v) is 4.56. The highest BCUT2D eigenvalue weighted by molar-refractivity contribution is 6.34. The molecule has 1 fully saturated rings. The van der Waals surface area contributed by atoms with Crippen molar-refractivity contribution in [1.82, 2.24) is 0 Å². The molecule has 0 atom stereocenters. The molecule has 2 aromatic rings. The lowest BCUT2D eigenvalue weighted by Crippen LogP contribution is -2.30. The summed E-state index contributed by atoms with van der Waals surface area (Å²) in [5.41, 5.74) is 2.26. The van der Waals surface area contributed by atoms with Crippen LogP contribution in [0.4, 0.5) is 11.4 Å². The van der Waals surface area contributed by atoms with E-state index in [9.17, 15) is 4.79 Å². The molecule has 1 N–H and O–H groups in total. The van der Waals surface area contributed by atoms with Crippen molar-refractivity contribution in [3.63, 3.8) is 0 Å². The predicted molar refractivity (Wildman–Crippen MR) is 98.5 cm³/mol. The summed E-state index contributed by atoms with van der Waals surface area (Å²) in [7, 11) is 1.60. The van der Waals surface area contributed by atoms with Crippen molar-refractivity contribution in [2.24, 2.45) is 0 Å². The van der Waals surface area contributed by atoms with Gasteiger partial charge in [0.2, 0.25) is 0 Å². The quantitative estimate of drug-likeness (QED) is 0.881. The molecule has 0 radical (unpaired) electrons. The van der Waals surface area contributed by atoms with E-state index in [2.05, 4.69) is 10.2 Å². The summed E-state index contributed by atoms with van der Waals surface area (Å²) in [6.45, 7) is 1.93. The first-order valence-corrected chi connectivity index (χ1v) is 8.55. The normalized spacial score (nSPS) is 14.3. The number of methoxy groups -OCH3 is 1. The van der Waals surface area contributed by atoms with Gasteiger partial charge in [-0.15, -0.1) is 0 Å². The van der Waals surface area contributed by atoms with Gasteiger partial charge in [-0.3, -0.25) is 4.79 Å². The van der Waals surface area contributed by atoms with Crippen molar-refractivity contribution < 1.29 is 9.53 Å². The Morgan fingerprint density at radius 1 is 1.08 bits per heavy atom. The molecule has 0 bridgehead atoms. The Morgan fingerprint density at radius 3 is 2.46 bits per heavy atom. The van der Waals surface area contributed by atoms with Crippen LogP contribution >= 0.6 is 11.6 Å². The van der Waals surface area contributed by atoms with Gasteiger partial charge in [0.15, 0.2) is 0 Å². The molecular weight excluding hydrogens is 324 g/mol. The Balaban J connectivity index is 1.83. The smallest absolute Gasteiger partial charge is 0.255 e. The van der Waals surface area contributed by atoms with Gasteiger partial charge in [0.25, 0.3) is 5.91 Å². The fourth-order valence-electron chi connectivity index (χ4n) is 2.99. The minimum atomic E-state index is -0.154. The van der Waals surface area contributed by atoms with Crippen molar-refractivity contribution in [1.29, 1.82) is 0 Å². The molecule has 24 heavy (non-hydrogen) atoms. The molecule has 1 amide bonds. The van der Waals surface area contributed by atoms with Crippen molar-refractivity contribution in [2.75, 3.05) is 30.4 Å². The van der Waals surface area contributed by atoms with Crippen molar-refractivity contribution in [2.45, 2.75) is 19.3 Å². The van der Waals surface area contributed by atoms with Gasteiger partial charge in [-0.25, -0.2) is 0 Å². The summed E-state index contributed by atoms with van der Waals surface area (Å²) >= 11 is 6.42. The zero-order valence-electron chi connectivity index (χ0n) is 13.7. The number of benzene rings is 2. The Labute approximate surface area is 147 Å². The van der Waals surface area contributed by atoms with Crippen LogP contribution in [0.3, 0.4) is 0 Å². The molecule has 0 spiro atoms. The highest BCUT2D eigenvalue weighted by Crippen LogP contribution is 2.35. The van der Waals surface area contributed by atoms with Gasteiger partial charge >= 0.3 is 0 Å². The van der Waals surface area contributed by atoms with Gasteiger partial charge in [-0.05, 0) is 55.7 Å². The number of amides is 1. The fourth-order valence-corrected chi connectivity index (χ4v) is 3.29. The second kappa shape index (κ2) is 7.58. The Kier molecular flexibility index (Phi) is 5.26. The Morgan fingerprint density at radius 2 is 1.79 bits per heavy atom. The number of hydrogen-bond donors (Lipinski definition) is 1. The molecule has 1 heterocycles. The standard InChI is InChI=1S/C19H21ClN2O2/c1-24-15-10-8-14(9-11-15)19(23)21-17-7-5-6-16(20)18(17)22-12-3-2-4-13-22/h5-11H,2-4,12-13H2,1H3,(H,21,23). The molecule has 1 saturated heterocycles. The van der Waals surface area contributed by atoms with Crippen LogP contribution in [0.25, 0.3) is 0 Å². The highest BCUT2D eigenvalue weighted by Gasteiger charge is 2.19. The van der Waals surface area contributed by atoms with Gasteiger partial charge in [0.05, 0.1) is 23.5 Å². The molecule has 3 rings (SSSR count). The third kappa shape index (κ3) is 3.65. The van der Waals surface area contributed by atoms with Crippen LogP contribution in [-0.4, -0.2) is 26.1 Å². The summed E-state index contributed by atoms with van der Waals surface area (Å²) < 4.78 is 5.13. The first-order valence-electron chi connectivity index (χ1n) is 8.18. The number of piperidine rings is 1. The SMILES string of the molecule is COc1ccc(C(=O)Nc2cccc(Cl)c2N2CCCCC2)cc1. The fraction of sp³-hybridized carbons (Fsp3) is 0.316. The highest BCUT2D eigenvalue weighted by atomic mass is 35.5. The Bertz CT molecular complexity index is 710. The number of nitrogens with zero attached hydrogens (tertiary/aromatic N) is 1. The van der Waals surface area contributed by atoms with Crippen molar-refractivity contribution >= 4 is 28.9 Å². The lowest BCUT2D eigenvalue weighted by Gasteiger charge is -2.31. The van der Waals surface area contributed by atoms with E-state index in [0.29, 0.717) is 10.6 Å². The zero-order valence-corrected chi connectivity index (χ0v) is 14.5. The minimum Gasteiger partial charge on any atom is -0.497 e. The maximum absolute atomic E-state index is 12.5. The number of rotatable bonds is 4. The number of anilines is 2. The monoisotopic (exact) mass is 344 g/mol. The second-order valence-electron chi connectivity index (χ2n) is 5.87. The Hall–Kier alpha value is -2.20. The molecule has 0 aliphatic carbocycles. The van der Waals surface area contributed by atoms with Crippen LogP contribution in [0.15, 0.2) is 42.5 Å². The molecule has 126 valence electrons. The molecule has 1 aliphatic rings.